The summed E-state index contributed by atoms with van der Waals surface area (Å²) < 4.78 is 21.9. The predicted molar refractivity (Wildman–Crippen MR) is 188 cm³/mol. The van der Waals surface area contributed by atoms with Gasteiger partial charge in [0.2, 0.25) is 0 Å². The van der Waals surface area contributed by atoms with Crippen LogP contribution in [-0.4, -0.2) is 116 Å². The van der Waals surface area contributed by atoms with E-state index in [-0.39, 0.29) is 11.6 Å². The van der Waals surface area contributed by atoms with Crippen LogP contribution < -0.4 is 31.9 Å². The Morgan fingerprint density at radius 1 is 0.468 bits per heavy atom. The molecule has 0 aromatic carbocycles. The Morgan fingerprint density at radius 3 is 1.55 bits per heavy atom. The second-order valence-corrected chi connectivity index (χ2v) is 16.0. The van der Waals surface area contributed by atoms with Gasteiger partial charge in [-0.25, -0.2) is 0 Å². The fourth-order valence-electron chi connectivity index (χ4n) is 8.98. The van der Waals surface area contributed by atoms with Crippen molar-refractivity contribution in [1.82, 2.24) is 31.9 Å². The third-order valence-corrected chi connectivity index (χ3v) is 12.3. The van der Waals surface area contributed by atoms with Crippen molar-refractivity contribution in [2.75, 3.05) is 91.9 Å². The quantitative estimate of drug-likeness (QED) is 0.232. The molecule has 8 aliphatic heterocycles. The molecular formula is C37H70N6O4. The molecule has 2 bridgehead atoms. The first-order valence-corrected chi connectivity index (χ1v) is 20.0. The summed E-state index contributed by atoms with van der Waals surface area (Å²) in [5, 5.41) is 20.0. The van der Waals surface area contributed by atoms with Gasteiger partial charge in [0.1, 0.15) is 0 Å². The SMILES string of the molecule is C1CC2(CC2)CN1.C1CC2(CN1)OCCO2.C1CC2CC1CN2.C1CCC2NCCC2C1.C1CCNC1.C1COC2(CCNC2)OC1. The first-order valence-electron chi connectivity index (χ1n) is 20.0. The maximum atomic E-state index is 5.54. The average molecular weight is 663 g/mol. The largest absolute Gasteiger partial charge is 0.349 e. The van der Waals surface area contributed by atoms with Crippen molar-refractivity contribution >= 4 is 0 Å². The van der Waals surface area contributed by atoms with E-state index >= 15 is 0 Å². The number of nitrogens with one attached hydrogen (secondary N) is 6. The lowest BCUT2D eigenvalue weighted by atomic mass is 9.86. The fourth-order valence-corrected chi connectivity index (χ4v) is 8.98. The van der Waals surface area contributed by atoms with E-state index in [1.165, 1.54) is 123 Å². The summed E-state index contributed by atoms with van der Waals surface area (Å²) in [6, 6.07) is 1.84. The fraction of sp³-hybridized carbons (Fsp3) is 1.00. The van der Waals surface area contributed by atoms with E-state index in [4.69, 9.17) is 18.9 Å². The molecule has 11 rings (SSSR count). The maximum absolute atomic E-state index is 5.54. The Morgan fingerprint density at radius 2 is 1.13 bits per heavy atom. The van der Waals surface area contributed by atoms with E-state index in [0.717, 1.165) is 101 Å². The molecule has 0 aromatic rings. The zero-order valence-electron chi connectivity index (χ0n) is 29.7. The summed E-state index contributed by atoms with van der Waals surface area (Å²) in [4.78, 5) is 0. The maximum Gasteiger partial charge on any atom is 0.182 e. The van der Waals surface area contributed by atoms with Gasteiger partial charge in [-0.15, -0.1) is 0 Å². The summed E-state index contributed by atoms with van der Waals surface area (Å²) in [7, 11) is 0. The van der Waals surface area contributed by atoms with Crippen LogP contribution in [0.5, 0.6) is 0 Å². The number of fused-ring (bicyclic) bond motifs is 3. The van der Waals surface area contributed by atoms with Crippen LogP contribution in [0, 0.1) is 17.3 Å². The van der Waals surface area contributed by atoms with Gasteiger partial charge in [0, 0.05) is 57.6 Å². The Bertz CT molecular complexity index is 800. The van der Waals surface area contributed by atoms with Crippen molar-refractivity contribution in [2.24, 2.45) is 17.3 Å². The topological polar surface area (TPSA) is 109 Å². The highest BCUT2D eigenvalue weighted by Gasteiger charge is 2.44. The van der Waals surface area contributed by atoms with Crippen molar-refractivity contribution < 1.29 is 18.9 Å². The molecule has 4 atom stereocenters. The highest BCUT2D eigenvalue weighted by molar-refractivity contribution is 4.98. The van der Waals surface area contributed by atoms with Crippen LogP contribution in [0.3, 0.4) is 0 Å². The Balaban J connectivity index is 0.0000000997. The normalized spacial score (nSPS) is 35.7. The molecule has 0 aromatic heterocycles. The summed E-state index contributed by atoms with van der Waals surface area (Å²) in [6.45, 7) is 14.7. The summed E-state index contributed by atoms with van der Waals surface area (Å²) in [5.41, 5.74) is 0.833. The highest BCUT2D eigenvalue weighted by Crippen LogP contribution is 2.50. The van der Waals surface area contributed by atoms with E-state index in [2.05, 4.69) is 31.9 Å². The van der Waals surface area contributed by atoms with Crippen LogP contribution in [0.15, 0.2) is 0 Å². The molecule has 4 unspecified atom stereocenters. The molecule has 6 N–H and O–H groups in total. The van der Waals surface area contributed by atoms with Gasteiger partial charge in [-0.2, -0.15) is 0 Å². The van der Waals surface area contributed by atoms with Gasteiger partial charge in [-0.05, 0) is 127 Å². The van der Waals surface area contributed by atoms with Gasteiger partial charge in [0.05, 0.1) is 26.4 Å². The lowest BCUT2D eigenvalue weighted by molar-refractivity contribution is -0.253. The van der Waals surface area contributed by atoms with Crippen molar-refractivity contribution in [2.45, 2.75) is 126 Å². The number of hydrogen-bond donors (Lipinski definition) is 6. The first kappa shape index (κ1) is 36.4. The van der Waals surface area contributed by atoms with E-state index in [0.29, 0.717) is 0 Å². The van der Waals surface area contributed by atoms with Crippen LogP contribution in [-0.2, 0) is 18.9 Å². The molecule has 3 saturated carbocycles. The van der Waals surface area contributed by atoms with Crippen LogP contribution in [0.25, 0.3) is 0 Å². The smallest absolute Gasteiger partial charge is 0.182 e. The molecule has 10 nitrogen and oxygen atoms in total. The van der Waals surface area contributed by atoms with Gasteiger partial charge >= 0.3 is 0 Å². The second-order valence-electron chi connectivity index (χ2n) is 16.0. The van der Waals surface area contributed by atoms with Gasteiger partial charge in [0.15, 0.2) is 11.6 Å². The van der Waals surface area contributed by atoms with Gasteiger partial charge in [-0.3, -0.25) is 0 Å². The first-order chi connectivity index (χ1) is 23.2. The molecule has 3 spiro atoms. The molecule has 11 fully saturated rings. The monoisotopic (exact) mass is 663 g/mol. The molecular weight excluding hydrogens is 592 g/mol. The minimum Gasteiger partial charge on any atom is -0.349 e. The van der Waals surface area contributed by atoms with Gasteiger partial charge in [-0.1, -0.05) is 12.8 Å². The average Bonchev–Trinajstić information content (AvgIpc) is 3.94. The molecule has 11 aliphatic rings. The van der Waals surface area contributed by atoms with Crippen molar-refractivity contribution in [1.29, 1.82) is 0 Å². The highest BCUT2D eigenvalue weighted by atomic mass is 16.7. The molecule has 272 valence electrons. The van der Waals surface area contributed by atoms with Crippen molar-refractivity contribution in [3.8, 4) is 0 Å². The number of hydrogen-bond acceptors (Lipinski definition) is 10. The second kappa shape index (κ2) is 18.7. The molecule has 8 saturated heterocycles. The third-order valence-electron chi connectivity index (χ3n) is 12.3. The van der Waals surface area contributed by atoms with Crippen molar-refractivity contribution in [3.05, 3.63) is 0 Å². The van der Waals surface area contributed by atoms with Crippen LogP contribution >= 0.6 is 0 Å². The molecule has 8 heterocycles. The van der Waals surface area contributed by atoms with Crippen molar-refractivity contribution in [3.63, 3.8) is 0 Å². The lowest BCUT2D eigenvalue weighted by Crippen LogP contribution is -2.42. The molecule has 10 heteroatoms. The molecule has 3 aliphatic carbocycles. The summed E-state index contributed by atoms with van der Waals surface area (Å²) in [6.07, 6.45) is 22.1. The van der Waals surface area contributed by atoms with Crippen LogP contribution in [0.2, 0.25) is 0 Å². The number of piperidine rings is 1. The van der Waals surface area contributed by atoms with Crippen LogP contribution in [0.1, 0.15) is 103 Å². The van der Waals surface area contributed by atoms with E-state index < -0.39 is 0 Å². The minimum absolute atomic E-state index is 0.222. The molecule has 47 heavy (non-hydrogen) atoms. The Kier molecular flexibility index (Phi) is 14.5. The van der Waals surface area contributed by atoms with Gasteiger partial charge in [0.25, 0.3) is 0 Å². The number of rotatable bonds is 0. The minimum atomic E-state index is -0.238. The van der Waals surface area contributed by atoms with Crippen LogP contribution in [0.4, 0.5) is 0 Å². The molecule has 0 radical (unpaired) electrons. The van der Waals surface area contributed by atoms with E-state index in [1.54, 1.807) is 0 Å². The lowest BCUT2D eigenvalue weighted by Gasteiger charge is -2.32. The zero-order valence-corrected chi connectivity index (χ0v) is 29.7. The standard InChI is InChI=1S/C8H15N.C7H13NO2.C6H11NO2.2C6H11N.C4H9N/c1-2-4-8-7(3-1)5-6-9-8;1-4-9-7(10-5-1)2-3-8-6-7;1-2-7-5-6(1)8-3-4-9-6;1-2-6-3-5(1)4-7-6;1-2-6(1)3-4-7-5-6;1-2-4-5-3-1/h7-9H,1-6H2;8H,1-6H2;7H,1-5H2;5-7H,1-4H2;7H,1-5H2;5H,1-4H2. The zero-order chi connectivity index (χ0) is 32.1. The summed E-state index contributed by atoms with van der Waals surface area (Å²) >= 11 is 0. The van der Waals surface area contributed by atoms with E-state index in [1.807, 2.05) is 0 Å². The third kappa shape index (κ3) is 11.6. The predicted octanol–water partition coefficient (Wildman–Crippen LogP) is 3.26. The number of ether oxygens (including phenoxy) is 4. The van der Waals surface area contributed by atoms with E-state index in [9.17, 15) is 0 Å². The summed E-state index contributed by atoms with van der Waals surface area (Å²) in [5.74, 6) is 1.65. The Labute approximate surface area is 286 Å². The molecule has 0 amide bonds. The Hall–Kier alpha value is -0.400. The van der Waals surface area contributed by atoms with Gasteiger partial charge < -0.3 is 50.8 Å².